The number of nitrogens with zero attached hydrogens (tertiary/aromatic N) is 5. The number of nitrogen functional groups attached to an aromatic ring is 1. The van der Waals surface area contributed by atoms with E-state index in [0.29, 0.717) is 50.4 Å². The topological polar surface area (TPSA) is 146 Å². The summed E-state index contributed by atoms with van der Waals surface area (Å²) in [5.74, 6) is 1.11. The maximum Gasteiger partial charge on any atom is 0.329 e. The molecule has 5 rings (SSSR count). The molecular weight excluding hydrogens is 596 g/mol. The van der Waals surface area contributed by atoms with Crippen LogP contribution in [0.15, 0.2) is 26.4 Å². The fourth-order valence-electron chi connectivity index (χ4n) is 4.87. The summed E-state index contributed by atoms with van der Waals surface area (Å²) in [4.78, 5) is 31.7. The first kappa shape index (κ1) is 27.0. The summed E-state index contributed by atoms with van der Waals surface area (Å²) >= 11 is 6.59. The molecule has 0 atom stereocenters. The van der Waals surface area contributed by atoms with Gasteiger partial charge in [0.25, 0.3) is 0 Å². The largest absolute Gasteiger partial charge is 0.381 e. The molecule has 0 unspecified atom stereocenters. The predicted octanol–water partition coefficient (Wildman–Crippen LogP) is 4.20. The number of ether oxygens (including phenoxy) is 2. The van der Waals surface area contributed by atoms with Gasteiger partial charge in [-0.15, -0.1) is 0 Å². The lowest BCUT2D eigenvalue weighted by molar-refractivity contribution is 0.0585. The molecule has 0 radical (unpaired) electrons. The molecule has 3 aromatic rings. The number of methoxy groups -OCH3 is 2. The van der Waals surface area contributed by atoms with Crippen LogP contribution in [0.1, 0.15) is 57.4 Å². The van der Waals surface area contributed by atoms with Crippen molar-refractivity contribution in [3.8, 4) is 0 Å². The maximum atomic E-state index is 12.1. The molecular formula is C23H32Br2N8O3. The van der Waals surface area contributed by atoms with Crippen LogP contribution >= 0.6 is 31.9 Å². The monoisotopic (exact) mass is 626 g/mol. The molecule has 2 aliphatic carbocycles. The van der Waals surface area contributed by atoms with Gasteiger partial charge in [-0.1, -0.05) is 0 Å². The second-order valence-corrected chi connectivity index (χ2v) is 10.7. The number of hydrogen-bond donors (Lipinski definition) is 3. The van der Waals surface area contributed by atoms with Gasteiger partial charge in [0.1, 0.15) is 9.21 Å². The Morgan fingerprint density at radius 3 is 2.17 bits per heavy atom. The van der Waals surface area contributed by atoms with Crippen LogP contribution in [0.5, 0.6) is 0 Å². The van der Waals surface area contributed by atoms with Crippen molar-refractivity contribution < 1.29 is 9.47 Å². The highest BCUT2D eigenvalue weighted by molar-refractivity contribution is 9.10. The highest BCUT2D eigenvalue weighted by Crippen LogP contribution is 2.30. The lowest BCUT2D eigenvalue weighted by atomic mass is 9.93. The molecule has 0 bridgehead atoms. The highest BCUT2D eigenvalue weighted by atomic mass is 79.9. The van der Waals surface area contributed by atoms with E-state index < -0.39 is 0 Å². The molecule has 0 aliphatic heterocycles. The van der Waals surface area contributed by atoms with Crippen molar-refractivity contribution in [2.45, 2.75) is 75.7 Å². The molecule has 0 saturated heterocycles. The van der Waals surface area contributed by atoms with Gasteiger partial charge < -0.3 is 20.5 Å². The molecule has 36 heavy (non-hydrogen) atoms. The number of nitrogens with one attached hydrogen (secondary N) is 2. The number of rotatable bonds is 5. The highest BCUT2D eigenvalue weighted by Gasteiger charge is 2.26. The minimum Gasteiger partial charge on any atom is -0.381 e. The Balaban J connectivity index is 0.000000170. The van der Waals surface area contributed by atoms with E-state index in [4.69, 9.17) is 15.2 Å². The van der Waals surface area contributed by atoms with Crippen LogP contribution in [0, 0.1) is 0 Å². The number of aromatic nitrogens is 6. The average molecular weight is 628 g/mol. The zero-order chi connectivity index (χ0) is 25.7. The molecule has 2 fully saturated rings. The number of aromatic amines is 1. The average Bonchev–Trinajstić information content (AvgIpc) is 3.22. The molecule has 0 aromatic carbocycles. The Bertz CT molecular complexity index is 1200. The second kappa shape index (κ2) is 12.4. The third-order valence-corrected chi connectivity index (χ3v) is 7.62. The second-order valence-electron chi connectivity index (χ2n) is 9.11. The number of hydrogen-bond acceptors (Lipinski definition) is 9. The first-order valence-electron chi connectivity index (χ1n) is 12.1. The molecule has 2 saturated carbocycles. The SMILES string of the molecule is COC1CCC(Nc2nc(Br)cnc2N)CC1.COC1CCC(n2c(=O)[nH]c3ncc(Br)nc32)CC1. The van der Waals surface area contributed by atoms with Crippen LogP contribution in [0.3, 0.4) is 0 Å². The predicted molar refractivity (Wildman–Crippen MR) is 145 cm³/mol. The molecule has 3 heterocycles. The van der Waals surface area contributed by atoms with Gasteiger partial charge in [0.05, 0.1) is 24.6 Å². The normalized spacial score (nSPS) is 24.2. The maximum absolute atomic E-state index is 12.1. The Morgan fingerprint density at radius 1 is 0.944 bits per heavy atom. The quantitative estimate of drug-likeness (QED) is 0.379. The van der Waals surface area contributed by atoms with E-state index in [9.17, 15) is 4.79 Å². The first-order chi connectivity index (χ1) is 17.4. The summed E-state index contributed by atoms with van der Waals surface area (Å²) < 4.78 is 13.8. The number of H-pyrrole nitrogens is 1. The number of halogens is 2. The number of fused-ring (bicyclic) bond motifs is 1. The first-order valence-corrected chi connectivity index (χ1v) is 13.7. The Hall–Kier alpha value is -2.09. The Morgan fingerprint density at radius 2 is 1.53 bits per heavy atom. The van der Waals surface area contributed by atoms with Crippen molar-refractivity contribution in [2.75, 3.05) is 25.3 Å². The van der Waals surface area contributed by atoms with Crippen LogP contribution in [0.2, 0.25) is 0 Å². The molecule has 2 aliphatic rings. The third kappa shape index (κ3) is 6.61. The number of imidazole rings is 1. The Labute approximate surface area is 226 Å². The van der Waals surface area contributed by atoms with Crippen molar-refractivity contribution in [1.82, 2.24) is 29.5 Å². The summed E-state index contributed by atoms with van der Waals surface area (Å²) in [6.45, 7) is 0. The van der Waals surface area contributed by atoms with Crippen molar-refractivity contribution >= 4 is 54.8 Å². The minimum atomic E-state index is -0.131. The minimum absolute atomic E-state index is 0.131. The van der Waals surface area contributed by atoms with E-state index in [1.165, 1.54) is 0 Å². The van der Waals surface area contributed by atoms with E-state index in [2.05, 4.69) is 62.1 Å². The number of anilines is 2. The molecule has 0 amide bonds. The van der Waals surface area contributed by atoms with Gasteiger partial charge in [-0.05, 0) is 83.2 Å². The molecule has 11 nitrogen and oxygen atoms in total. The van der Waals surface area contributed by atoms with Gasteiger partial charge in [0.2, 0.25) is 0 Å². The van der Waals surface area contributed by atoms with E-state index >= 15 is 0 Å². The van der Waals surface area contributed by atoms with Crippen LogP contribution < -0.4 is 16.7 Å². The summed E-state index contributed by atoms with van der Waals surface area (Å²) in [5.41, 5.74) is 6.82. The standard InChI is InChI=1S/C12H15BrN4O2.C11H17BrN4O/c1-19-8-4-2-7(3-5-8)17-11-10(16-12(17)18)14-6-9(13)15-11;1-17-8-4-2-7(3-5-8)15-11-10(13)14-6-9(12)16-11/h6-8H,2-5H2,1H3,(H,14,16,18);6-8H,2-5H2,1H3,(H2,13,14)(H,15,16). The Kier molecular flexibility index (Phi) is 9.31. The van der Waals surface area contributed by atoms with Gasteiger partial charge in [0.15, 0.2) is 22.9 Å². The zero-order valence-corrected chi connectivity index (χ0v) is 23.6. The molecule has 4 N–H and O–H groups in total. The fraction of sp³-hybridized carbons (Fsp3) is 0.609. The molecule has 3 aromatic heterocycles. The van der Waals surface area contributed by atoms with Crippen molar-refractivity contribution in [2.24, 2.45) is 0 Å². The van der Waals surface area contributed by atoms with Crippen LogP contribution in [-0.2, 0) is 9.47 Å². The summed E-state index contributed by atoms with van der Waals surface area (Å²) in [7, 11) is 3.52. The van der Waals surface area contributed by atoms with E-state index in [1.807, 2.05) is 0 Å². The summed E-state index contributed by atoms with van der Waals surface area (Å²) in [6.07, 6.45) is 12.0. The molecule has 0 spiro atoms. The molecule has 13 heteroatoms. The van der Waals surface area contributed by atoms with Crippen LogP contribution in [0.25, 0.3) is 11.3 Å². The number of nitrogens with two attached hydrogens (primary N) is 1. The van der Waals surface area contributed by atoms with Gasteiger partial charge in [-0.25, -0.2) is 24.7 Å². The van der Waals surface area contributed by atoms with Gasteiger partial charge >= 0.3 is 5.69 Å². The summed E-state index contributed by atoms with van der Waals surface area (Å²) in [5, 5.41) is 3.35. The van der Waals surface area contributed by atoms with Crippen molar-refractivity contribution in [1.29, 1.82) is 0 Å². The molecule has 196 valence electrons. The lowest BCUT2D eigenvalue weighted by Crippen LogP contribution is -2.29. The lowest BCUT2D eigenvalue weighted by Gasteiger charge is -2.28. The van der Waals surface area contributed by atoms with E-state index in [0.717, 1.165) is 51.4 Å². The zero-order valence-electron chi connectivity index (χ0n) is 20.4. The van der Waals surface area contributed by atoms with Crippen LogP contribution in [0.4, 0.5) is 11.6 Å². The van der Waals surface area contributed by atoms with E-state index in [-0.39, 0.29) is 11.7 Å². The van der Waals surface area contributed by atoms with Crippen molar-refractivity contribution in [3.63, 3.8) is 0 Å². The van der Waals surface area contributed by atoms with Crippen molar-refractivity contribution in [3.05, 3.63) is 32.1 Å². The van der Waals surface area contributed by atoms with Gasteiger partial charge in [-0.2, -0.15) is 0 Å². The fourth-order valence-corrected chi connectivity index (χ4v) is 5.42. The summed E-state index contributed by atoms with van der Waals surface area (Å²) in [6, 6.07) is 0.587. The van der Waals surface area contributed by atoms with Gasteiger partial charge in [-0.3, -0.25) is 9.55 Å². The van der Waals surface area contributed by atoms with Gasteiger partial charge in [0, 0.05) is 26.3 Å². The van der Waals surface area contributed by atoms with Crippen LogP contribution in [-0.4, -0.2) is 62.0 Å². The smallest absolute Gasteiger partial charge is 0.329 e. The third-order valence-electron chi connectivity index (χ3n) is 6.86. The van der Waals surface area contributed by atoms with E-state index in [1.54, 1.807) is 31.2 Å².